The molecule has 0 spiro atoms. The monoisotopic (exact) mass is 306 g/mol. The van der Waals surface area contributed by atoms with E-state index >= 15 is 0 Å². The molecule has 0 atom stereocenters. The van der Waals surface area contributed by atoms with E-state index in [4.69, 9.17) is 10.5 Å². The van der Waals surface area contributed by atoms with E-state index in [0.29, 0.717) is 0 Å². The Kier molecular flexibility index (Phi) is 4.10. The molecule has 4 heteroatoms. The van der Waals surface area contributed by atoms with E-state index in [0.717, 1.165) is 28.1 Å². The van der Waals surface area contributed by atoms with E-state index in [1.165, 1.54) is 5.56 Å². The van der Waals surface area contributed by atoms with Crippen LogP contribution < -0.4 is 15.8 Å². The smallest absolute Gasteiger partial charge is 0.118 e. The number of rotatable bonds is 4. The van der Waals surface area contributed by atoms with E-state index in [9.17, 15) is 0 Å². The van der Waals surface area contributed by atoms with Gasteiger partial charge in [0.25, 0.3) is 0 Å². The highest BCUT2D eigenvalue weighted by Crippen LogP contribution is 2.25. The summed E-state index contributed by atoms with van der Waals surface area (Å²) in [5, 5.41) is 3.35. The largest absolute Gasteiger partial charge is 0.497 e. The minimum atomic E-state index is 0.747. The third kappa shape index (κ3) is 3.17. The topological polar surface area (TPSA) is 47.3 Å². The van der Waals surface area contributed by atoms with E-state index < -0.39 is 0 Å². The molecule has 0 aliphatic rings. The Bertz CT molecular complexity index is 526. The second-order valence-electron chi connectivity index (χ2n) is 3.94. The fourth-order valence-electron chi connectivity index (χ4n) is 1.62. The molecule has 0 aliphatic carbocycles. The second-order valence-corrected chi connectivity index (χ2v) is 4.80. The minimum Gasteiger partial charge on any atom is -0.497 e. The highest BCUT2D eigenvalue weighted by atomic mass is 79.9. The lowest BCUT2D eigenvalue weighted by atomic mass is 10.2. The molecular formula is C14H15BrN2O. The van der Waals surface area contributed by atoms with Gasteiger partial charge in [-0.15, -0.1) is 0 Å². The standard InChI is InChI=1S/C14H15BrN2O/c1-18-12-5-2-10(3-6-12)9-17-14-7-4-11(16)8-13(14)15/h2-8,17H,9,16H2,1H3. The van der Waals surface area contributed by atoms with Gasteiger partial charge < -0.3 is 15.8 Å². The van der Waals surface area contributed by atoms with Crippen LogP contribution in [0.25, 0.3) is 0 Å². The highest BCUT2D eigenvalue weighted by Gasteiger charge is 2.00. The van der Waals surface area contributed by atoms with Crippen molar-refractivity contribution in [2.75, 3.05) is 18.2 Å². The van der Waals surface area contributed by atoms with Crippen molar-refractivity contribution < 1.29 is 4.74 Å². The molecule has 18 heavy (non-hydrogen) atoms. The number of nitrogen functional groups attached to an aromatic ring is 1. The molecule has 0 aromatic heterocycles. The van der Waals surface area contributed by atoms with Crippen molar-refractivity contribution in [3.63, 3.8) is 0 Å². The van der Waals surface area contributed by atoms with Gasteiger partial charge >= 0.3 is 0 Å². The van der Waals surface area contributed by atoms with Crippen LogP contribution in [0.15, 0.2) is 46.9 Å². The summed E-state index contributed by atoms with van der Waals surface area (Å²) in [5.41, 5.74) is 8.66. The molecule has 0 aliphatic heterocycles. The molecular weight excluding hydrogens is 292 g/mol. The Morgan fingerprint density at radius 3 is 2.50 bits per heavy atom. The van der Waals surface area contributed by atoms with Crippen LogP contribution >= 0.6 is 15.9 Å². The summed E-state index contributed by atoms with van der Waals surface area (Å²) in [6.45, 7) is 0.756. The molecule has 0 radical (unpaired) electrons. The van der Waals surface area contributed by atoms with Crippen LogP contribution in [0.1, 0.15) is 5.56 Å². The third-order valence-corrected chi connectivity index (χ3v) is 3.29. The van der Waals surface area contributed by atoms with Crippen LogP contribution in [0, 0.1) is 0 Å². The first-order chi connectivity index (χ1) is 8.69. The predicted octanol–water partition coefficient (Wildman–Crippen LogP) is 3.65. The number of nitrogens with one attached hydrogen (secondary N) is 1. The fourth-order valence-corrected chi connectivity index (χ4v) is 2.15. The van der Waals surface area contributed by atoms with Crippen LogP contribution in [-0.4, -0.2) is 7.11 Å². The highest BCUT2D eigenvalue weighted by molar-refractivity contribution is 9.10. The van der Waals surface area contributed by atoms with Crippen LogP contribution in [0.2, 0.25) is 0 Å². The quantitative estimate of drug-likeness (QED) is 0.848. The average molecular weight is 307 g/mol. The molecule has 0 amide bonds. The molecule has 0 bridgehead atoms. The fraction of sp³-hybridized carbons (Fsp3) is 0.143. The number of methoxy groups -OCH3 is 1. The molecule has 2 aromatic carbocycles. The van der Waals surface area contributed by atoms with Gasteiger partial charge in [-0.3, -0.25) is 0 Å². The van der Waals surface area contributed by atoms with E-state index in [1.54, 1.807) is 7.11 Å². The van der Waals surface area contributed by atoms with Crippen LogP contribution in [-0.2, 0) is 6.54 Å². The van der Waals surface area contributed by atoms with Crippen molar-refractivity contribution in [2.24, 2.45) is 0 Å². The molecule has 0 saturated carbocycles. The lowest BCUT2D eigenvalue weighted by molar-refractivity contribution is 0.414. The zero-order valence-corrected chi connectivity index (χ0v) is 11.7. The number of nitrogens with two attached hydrogens (primary N) is 1. The summed E-state index contributed by atoms with van der Waals surface area (Å²) in [6, 6.07) is 13.7. The van der Waals surface area contributed by atoms with Crippen molar-refractivity contribution in [3.05, 3.63) is 52.5 Å². The molecule has 2 aromatic rings. The van der Waals surface area contributed by atoms with Gasteiger partial charge in [0.05, 0.1) is 7.11 Å². The Labute approximate surface area is 115 Å². The molecule has 3 N–H and O–H groups in total. The maximum absolute atomic E-state index is 5.70. The number of benzene rings is 2. The van der Waals surface area contributed by atoms with Crippen molar-refractivity contribution in [2.45, 2.75) is 6.54 Å². The number of anilines is 2. The van der Waals surface area contributed by atoms with Gasteiger partial charge in [-0.1, -0.05) is 12.1 Å². The zero-order chi connectivity index (χ0) is 13.0. The Morgan fingerprint density at radius 2 is 1.89 bits per heavy atom. The van der Waals surface area contributed by atoms with Crippen molar-refractivity contribution in [3.8, 4) is 5.75 Å². The number of hydrogen-bond acceptors (Lipinski definition) is 3. The number of hydrogen-bond donors (Lipinski definition) is 2. The van der Waals surface area contributed by atoms with Crippen LogP contribution in [0.4, 0.5) is 11.4 Å². The van der Waals surface area contributed by atoms with E-state index in [1.807, 2.05) is 42.5 Å². The van der Waals surface area contributed by atoms with Gasteiger partial charge in [0.1, 0.15) is 5.75 Å². The first-order valence-corrected chi connectivity index (χ1v) is 6.40. The Morgan fingerprint density at radius 1 is 1.17 bits per heavy atom. The Hall–Kier alpha value is -1.68. The normalized spacial score (nSPS) is 10.1. The minimum absolute atomic E-state index is 0.747. The third-order valence-electron chi connectivity index (χ3n) is 2.64. The first-order valence-electron chi connectivity index (χ1n) is 5.61. The average Bonchev–Trinajstić information content (AvgIpc) is 2.38. The molecule has 0 saturated heterocycles. The van der Waals surface area contributed by atoms with Crippen molar-refractivity contribution >= 4 is 27.3 Å². The molecule has 0 heterocycles. The van der Waals surface area contributed by atoms with Gasteiger partial charge in [-0.05, 0) is 51.8 Å². The second kappa shape index (κ2) is 5.78. The predicted molar refractivity (Wildman–Crippen MR) is 78.9 cm³/mol. The zero-order valence-electron chi connectivity index (χ0n) is 10.1. The van der Waals surface area contributed by atoms with Gasteiger partial charge in [-0.25, -0.2) is 0 Å². The van der Waals surface area contributed by atoms with Crippen molar-refractivity contribution in [1.82, 2.24) is 0 Å². The lowest BCUT2D eigenvalue weighted by Gasteiger charge is -2.09. The summed E-state index contributed by atoms with van der Waals surface area (Å²) in [4.78, 5) is 0. The molecule has 0 fully saturated rings. The maximum atomic E-state index is 5.70. The van der Waals surface area contributed by atoms with Gasteiger partial charge in [-0.2, -0.15) is 0 Å². The number of halogens is 1. The van der Waals surface area contributed by atoms with Gasteiger partial charge in [0.15, 0.2) is 0 Å². The van der Waals surface area contributed by atoms with Crippen LogP contribution in [0.5, 0.6) is 5.75 Å². The van der Waals surface area contributed by atoms with E-state index in [2.05, 4.69) is 21.2 Å². The molecule has 3 nitrogen and oxygen atoms in total. The summed E-state index contributed by atoms with van der Waals surface area (Å²) < 4.78 is 6.09. The summed E-state index contributed by atoms with van der Waals surface area (Å²) in [7, 11) is 1.67. The van der Waals surface area contributed by atoms with E-state index in [-0.39, 0.29) is 0 Å². The first kappa shape index (κ1) is 12.8. The van der Waals surface area contributed by atoms with Crippen molar-refractivity contribution in [1.29, 1.82) is 0 Å². The Balaban J connectivity index is 2.02. The maximum Gasteiger partial charge on any atom is 0.118 e. The lowest BCUT2D eigenvalue weighted by Crippen LogP contribution is -2.00. The molecule has 0 unspecified atom stereocenters. The summed E-state index contributed by atoms with van der Waals surface area (Å²) in [6.07, 6.45) is 0. The molecule has 2 rings (SSSR count). The summed E-state index contributed by atoms with van der Waals surface area (Å²) >= 11 is 3.48. The van der Waals surface area contributed by atoms with Gasteiger partial charge in [0, 0.05) is 22.4 Å². The SMILES string of the molecule is COc1ccc(CNc2ccc(N)cc2Br)cc1. The number of ether oxygens (including phenoxy) is 1. The molecule has 94 valence electrons. The van der Waals surface area contributed by atoms with Gasteiger partial charge in [0.2, 0.25) is 0 Å². The summed E-state index contributed by atoms with van der Waals surface area (Å²) in [5.74, 6) is 0.868. The van der Waals surface area contributed by atoms with Crippen LogP contribution in [0.3, 0.4) is 0 Å².